The number of carbonyl (C=O) groups excluding carboxylic acids is 1. The van der Waals surface area contributed by atoms with Crippen LogP contribution in [-0.4, -0.2) is 37.7 Å². The lowest BCUT2D eigenvalue weighted by Gasteiger charge is -2.10. The molecule has 4 rings (SSSR count). The highest BCUT2D eigenvalue weighted by Crippen LogP contribution is 2.36. The van der Waals surface area contributed by atoms with Gasteiger partial charge in [0.1, 0.15) is 0 Å². The van der Waals surface area contributed by atoms with E-state index in [0.717, 1.165) is 11.3 Å². The molecule has 1 aromatic carbocycles. The number of rotatable bonds is 5. The fourth-order valence-electron chi connectivity index (χ4n) is 2.41. The maximum Gasteiger partial charge on any atom is 0.239 e. The highest BCUT2D eigenvalue weighted by atomic mass is 32.2. The summed E-state index contributed by atoms with van der Waals surface area (Å²) >= 11 is 2.72. The van der Waals surface area contributed by atoms with Gasteiger partial charge in [0.05, 0.1) is 5.25 Å². The summed E-state index contributed by atoms with van der Waals surface area (Å²) in [6.07, 6.45) is 1.65. The Labute approximate surface area is 157 Å². The minimum absolute atomic E-state index is 0.127. The lowest BCUT2D eigenvalue weighted by atomic mass is 10.2. The predicted octanol–water partition coefficient (Wildman–Crippen LogP) is 2.79. The van der Waals surface area contributed by atoms with Crippen molar-refractivity contribution in [1.82, 2.24) is 19.7 Å². The van der Waals surface area contributed by atoms with Crippen LogP contribution in [0.15, 0.2) is 34.9 Å². The molecule has 0 aliphatic carbocycles. The molecule has 1 amide bonds. The molecule has 2 aromatic heterocycles. The van der Waals surface area contributed by atoms with E-state index in [1.165, 1.54) is 23.1 Å². The number of hydrogen-bond acceptors (Lipinski definition) is 8. The third kappa shape index (κ3) is 3.25. The Morgan fingerprint density at radius 2 is 2.19 bits per heavy atom. The molecule has 0 spiro atoms. The van der Waals surface area contributed by atoms with Gasteiger partial charge in [0.25, 0.3) is 0 Å². The lowest BCUT2D eigenvalue weighted by Crippen LogP contribution is -2.22. The van der Waals surface area contributed by atoms with Gasteiger partial charge in [-0.25, -0.2) is 4.98 Å². The first-order chi connectivity index (χ1) is 12.6. The molecule has 10 heteroatoms. The largest absolute Gasteiger partial charge is 0.454 e. The second-order valence-electron chi connectivity index (χ2n) is 5.52. The summed E-state index contributed by atoms with van der Waals surface area (Å²) in [5.41, 5.74) is 0.871. The molecule has 0 saturated carbocycles. The van der Waals surface area contributed by atoms with Crippen LogP contribution in [0.1, 0.15) is 6.92 Å². The van der Waals surface area contributed by atoms with Gasteiger partial charge in [-0.1, -0.05) is 11.8 Å². The zero-order valence-corrected chi connectivity index (χ0v) is 15.6. The minimum atomic E-state index is -0.341. The number of ether oxygens (including phenoxy) is 2. The topological polar surface area (TPSA) is 91.2 Å². The zero-order valence-electron chi connectivity index (χ0n) is 14.0. The van der Waals surface area contributed by atoms with E-state index in [9.17, 15) is 4.79 Å². The SMILES string of the molecule is CC(Sc1nnc(-c2ccc3c(c2)OCO3)n1C)C(=O)Nc1nccs1. The van der Waals surface area contributed by atoms with E-state index in [1.807, 2.05) is 42.1 Å². The number of benzene rings is 1. The van der Waals surface area contributed by atoms with Crippen LogP contribution in [0.25, 0.3) is 11.4 Å². The van der Waals surface area contributed by atoms with Crippen LogP contribution < -0.4 is 14.8 Å². The van der Waals surface area contributed by atoms with E-state index >= 15 is 0 Å². The number of anilines is 1. The fraction of sp³-hybridized carbons (Fsp3) is 0.250. The normalized spacial score (nSPS) is 13.6. The Kier molecular flexibility index (Phi) is 4.51. The Morgan fingerprint density at radius 3 is 3.00 bits per heavy atom. The van der Waals surface area contributed by atoms with Gasteiger partial charge in [0.2, 0.25) is 12.7 Å². The number of thioether (sulfide) groups is 1. The summed E-state index contributed by atoms with van der Waals surface area (Å²) in [7, 11) is 1.87. The molecular weight excluding hydrogens is 374 g/mol. The van der Waals surface area contributed by atoms with Crippen LogP contribution in [-0.2, 0) is 11.8 Å². The number of nitrogens with one attached hydrogen (secondary N) is 1. The number of nitrogens with zero attached hydrogens (tertiary/aromatic N) is 4. The lowest BCUT2D eigenvalue weighted by molar-refractivity contribution is -0.115. The molecule has 3 aromatic rings. The number of carbonyl (C=O) groups is 1. The molecule has 1 atom stereocenters. The molecule has 3 heterocycles. The number of aromatic nitrogens is 4. The van der Waals surface area contributed by atoms with E-state index in [4.69, 9.17) is 9.47 Å². The molecule has 0 saturated heterocycles. The average Bonchev–Trinajstić information content (AvgIpc) is 3.36. The quantitative estimate of drug-likeness (QED) is 0.671. The molecule has 1 unspecified atom stereocenters. The van der Waals surface area contributed by atoms with Crippen molar-refractivity contribution in [3.8, 4) is 22.9 Å². The van der Waals surface area contributed by atoms with Crippen molar-refractivity contribution in [2.24, 2.45) is 7.05 Å². The summed E-state index contributed by atoms with van der Waals surface area (Å²) in [6.45, 7) is 2.05. The van der Waals surface area contributed by atoms with Gasteiger partial charge >= 0.3 is 0 Å². The molecule has 1 aliphatic rings. The summed E-state index contributed by atoms with van der Waals surface area (Å²) in [6, 6.07) is 5.63. The summed E-state index contributed by atoms with van der Waals surface area (Å²) < 4.78 is 12.6. The van der Waals surface area contributed by atoms with Crippen molar-refractivity contribution >= 4 is 34.1 Å². The average molecular weight is 389 g/mol. The van der Waals surface area contributed by atoms with E-state index < -0.39 is 0 Å². The van der Waals surface area contributed by atoms with Gasteiger partial charge in [-0.05, 0) is 25.1 Å². The Hall–Kier alpha value is -2.59. The summed E-state index contributed by atoms with van der Waals surface area (Å²) in [5, 5.41) is 14.0. The van der Waals surface area contributed by atoms with Crippen molar-refractivity contribution < 1.29 is 14.3 Å². The van der Waals surface area contributed by atoms with Gasteiger partial charge in [0, 0.05) is 24.2 Å². The Bertz CT molecular complexity index is 942. The van der Waals surface area contributed by atoms with Gasteiger partial charge in [-0.15, -0.1) is 21.5 Å². The second kappa shape index (κ2) is 6.96. The van der Waals surface area contributed by atoms with Crippen LogP contribution in [0.5, 0.6) is 11.5 Å². The number of amides is 1. The number of thiazole rings is 1. The van der Waals surface area contributed by atoms with Crippen LogP contribution in [0, 0.1) is 0 Å². The number of hydrogen-bond donors (Lipinski definition) is 1. The number of fused-ring (bicyclic) bond motifs is 1. The first kappa shape index (κ1) is 16.9. The predicted molar refractivity (Wildman–Crippen MR) is 98.6 cm³/mol. The Morgan fingerprint density at radius 1 is 1.35 bits per heavy atom. The van der Waals surface area contributed by atoms with E-state index in [2.05, 4.69) is 20.5 Å². The van der Waals surface area contributed by atoms with Crippen molar-refractivity contribution in [1.29, 1.82) is 0 Å². The molecule has 0 fully saturated rings. The third-order valence-corrected chi connectivity index (χ3v) is 5.60. The summed E-state index contributed by atoms with van der Waals surface area (Å²) in [5.74, 6) is 1.98. The van der Waals surface area contributed by atoms with E-state index in [0.29, 0.717) is 21.9 Å². The monoisotopic (exact) mass is 389 g/mol. The molecular formula is C16H15N5O3S2. The smallest absolute Gasteiger partial charge is 0.239 e. The molecule has 0 bridgehead atoms. The van der Waals surface area contributed by atoms with Crippen LogP contribution in [0.2, 0.25) is 0 Å². The van der Waals surface area contributed by atoms with Gasteiger partial charge in [-0.3, -0.25) is 4.79 Å². The second-order valence-corrected chi connectivity index (χ2v) is 7.72. The van der Waals surface area contributed by atoms with Gasteiger partial charge in [-0.2, -0.15) is 0 Å². The maximum absolute atomic E-state index is 12.3. The first-order valence-corrected chi connectivity index (χ1v) is 9.54. The van der Waals surface area contributed by atoms with E-state index in [-0.39, 0.29) is 18.0 Å². The highest BCUT2D eigenvalue weighted by Gasteiger charge is 2.21. The molecule has 8 nitrogen and oxygen atoms in total. The van der Waals surface area contributed by atoms with Crippen LogP contribution in [0.3, 0.4) is 0 Å². The van der Waals surface area contributed by atoms with Crippen molar-refractivity contribution in [2.75, 3.05) is 12.1 Å². The van der Waals surface area contributed by atoms with Gasteiger partial charge in [0.15, 0.2) is 27.6 Å². The third-order valence-electron chi connectivity index (χ3n) is 3.78. The molecule has 0 radical (unpaired) electrons. The van der Waals surface area contributed by atoms with Crippen molar-refractivity contribution in [3.05, 3.63) is 29.8 Å². The van der Waals surface area contributed by atoms with Crippen LogP contribution in [0.4, 0.5) is 5.13 Å². The van der Waals surface area contributed by atoms with E-state index in [1.54, 1.807) is 6.20 Å². The maximum atomic E-state index is 12.3. The summed E-state index contributed by atoms with van der Waals surface area (Å²) in [4.78, 5) is 16.3. The van der Waals surface area contributed by atoms with Crippen molar-refractivity contribution in [3.63, 3.8) is 0 Å². The van der Waals surface area contributed by atoms with Crippen molar-refractivity contribution in [2.45, 2.75) is 17.3 Å². The molecule has 1 N–H and O–H groups in total. The molecule has 26 heavy (non-hydrogen) atoms. The fourth-order valence-corrected chi connectivity index (χ4v) is 3.75. The Balaban J connectivity index is 1.49. The standard InChI is InChI=1S/C16H15N5O3S2/c1-9(14(22)18-15-17-5-6-25-15)26-16-20-19-13(21(16)2)10-3-4-11-12(7-10)24-8-23-11/h3-7,9H,8H2,1-2H3,(H,17,18,22). The van der Waals surface area contributed by atoms with Gasteiger partial charge < -0.3 is 19.4 Å². The zero-order chi connectivity index (χ0) is 18.1. The highest BCUT2D eigenvalue weighted by molar-refractivity contribution is 8.00. The minimum Gasteiger partial charge on any atom is -0.454 e. The van der Waals surface area contributed by atoms with Crippen LogP contribution >= 0.6 is 23.1 Å². The molecule has 1 aliphatic heterocycles. The first-order valence-electron chi connectivity index (χ1n) is 7.78. The molecule has 134 valence electrons.